The van der Waals surface area contributed by atoms with Crippen molar-refractivity contribution in [2.24, 2.45) is 5.92 Å². The molecule has 0 fully saturated rings. The molecule has 0 saturated carbocycles. The fourth-order valence-corrected chi connectivity index (χ4v) is 13.0. The van der Waals surface area contributed by atoms with Crippen molar-refractivity contribution >= 4 is 22.7 Å². The molecule has 12 rings (SSSR count). The average Bonchev–Trinajstić information content (AvgIpc) is 0.755. The van der Waals surface area contributed by atoms with Gasteiger partial charge in [-0.2, -0.15) is 13.2 Å². The van der Waals surface area contributed by atoms with E-state index in [0.717, 1.165) is 101 Å². The maximum Gasteiger partial charge on any atom is 0.418 e. The van der Waals surface area contributed by atoms with Crippen LogP contribution in [0.4, 0.5) is 35.9 Å². The Morgan fingerprint density at radius 2 is 0.862 bits per heavy atom. The van der Waals surface area contributed by atoms with Gasteiger partial charge in [-0.05, 0) is 166 Å². The molecule has 0 aromatic heterocycles. The van der Waals surface area contributed by atoms with Gasteiger partial charge in [-0.1, -0.05) is 265 Å². The Morgan fingerprint density at radius 3 is 1.39 bits per heavy atom. The molecule has 0 spiro atoms. The van der Waals surface area contributed by atoms with Crippen LogP contribution in [0.3, 0.4) is 0 Å². The molecule has 2 atom stereocenters. The minimum Gasteiger partial charge on any atom is -0.329 e. The van der Waals surface area contributed by atoms with Crippen molar-refractivity contribution in [3.63, 3.8) is 0 Å². The molecule has 0 saturated heterocycles. The summed E-state index contributed by atoms with van der Waals surface area (Å²) in [5, 5.41) is 0. The summed E-state index contributed by atoms with van der Waals surface area (Å²) in [6.07, 6.45) is 13.0. The maximum absolute atomic E-state index is 15.9. The van der Waals surface area contributed by atoms with Crippen LogP contribution < -0.4 is 9.80 Å². The molecule has 8 aromatic carbocycles. The number of para-hydroxylation sites is 2. The molecule has 0 radical (unpaired) electrons. The SMILES string of the molecule is Cc1ccccc1N(C1=C2C=CC3=C4C(=CC=C(C=C1)C24)C(N(c1ccc(-c2cccc(C(C)(C)C)c2)cc1-c1cccc(C(C)(C)C)c1)c1ccccc1C(F)(F)F)C=C3)c1ccc(-c2cccc(C(C)(C)C)c2)cc1-c1cccc(C(C)(C)C)c1. The van der Waals surface area contributed by atoms with Gasteiger partial charge in [0.05, 0.1) is 28.7 Å². The second kappa shape index (κ2) is 21.9. The standard InChI is InChI=1S/C82H79F3N2/c1-52-22-14-16-32-70(52)86(73-44-38-57(55-23-18-27-61(46-55)78(2,3)4)50-67(73)59-25-20-29-63(48-59)80(8,9)10)71-42-36-53-35-41-66-72(43-37-54-34-40-65(71)76(53)77(54)66)87(75-33-17-15-31-69(75)82(83,84)85)74-45-39-58(56-24-19-28-62(47-56)79(5,6)7)51-68(74)60-26-21-30-64(49-60)81(11,12)13/h14-51,72,76H,1-13H3. The first kappa shape index (κ1) is 58.7. The van der Waals surface area contributed by atoms with Crippen LogP contribution >= 0.6 is 0 Å². The molecule has 5 heteroatoms. The molecule has 8 aromatic rings. The van der Waals surface area contributed by atoms with E-state index in [1.54, 1.807) is 12.1 Å². The minimum absolute atomic E-state index is 0.0281. The van der Waals surface area contributed by atoms with Crippen LogP contribution in [0.25, 0.3) is 44.5 Å². The van der Waals surface area contributed by atoms with Gasteiger partial charge in [0.1, 0.15) is 0 Å². The summed E-state index contributed by atoms with van der Waals surface area (Å²) in [5.41, 5.74) is 22.4. The smallest absolute Gasteiger partial charge is 0.329 e. The van der Waals surface area contributed by atoms with E-state index in [9.17, 15) is 0 Å². The lowest BCUT2D eigenvalue weighted by Gasteiger charge is -2.44. The third-order valence-corrected chi connectivity index (χ3v) is 18.0. The van der Waals surface area contributed by atoms with Crippen LogP contribution in [0.1, 0.15) is 116 Å². The summed E-state index contributed by atoms with van der Waals surface area (Å²) in [5.74, 6) is -0.226. The Hall–Kier alpha value is -8.67. The van der Waals surface area contributed by atoms with Crippen molar-refractivity contribution in [2.75, 3.05) is 9.80 Å². The summed E-state index contributed by atoms with van der Waals surface area (Å²) < 4.78 is 47.7. The van der Waals surface area contributed by atoms with Crippen molar-refractivity contribution < 1.29 is 13.2 Å². The summed E-state index contributed by atoms with van der Waals surface area (Å²) >= 11 is 0. The predicted molar refractivity (Wildman–Crippen MR) is 361 cm³/mol. The number of alkyl halides is 3. The van der Waals surface area contributed by atoms with Crippen molar-refractivity contribution in [3.05, 3.63) is 298 Å². The Balaban J connectivity index is 1.05. The van der Waals surface area contributed by atoms with Crippen LogP contribution in [-0.4, -0.2) is 6.04 Å². The van der Waals surface area contributed by atoms with Gasteiger partial charge in [-0.3, -0.25) is 0 Å². The molecule has 4 aliphatic carbocycles. The number of aryl methyl sites for hydroxylation is 1. The van der Waals surface area contributed by atoms with E-state index in [0.29, 0.717) is 5.69 Å². The van der Waals surface area contributed by atoms with Crippen LogP contribution in [-0.2, 0) is 27.8 Å². The highest BCUT2D eigenvalue weighted by Crippen LogP contribution is 2.55. The van der Waals surface area contributed by atoms with Gasteiger partial charge in [0.15, 0.2) is 0 Å². The summed E-state index contributed by atoms with van der Waals surface area (Å²) in [6.45, 7) is 29.0. The normalized spacial score (nSPS) is 16.6. The second-order valence-electron chi connectivity index (χ2n) is 28.2. The number of rotatable bonds is 10. The quantitative estimate of drug-likeness (QED) is 0.135. The van der Waals surface area contributed by atoms with Crippen molar-refractivity contribution in [1.29, 1.82) is 0 Å². The summed E-state index contributed by atoms with van der Waals surface area (Å²) in [4.78, 5) is 4.43. The van der Waals surface area contributed by atoms with Gasteiger partial charge in [0.2, 0.25) is 0 Å². The number of anilines is 4. The zero-order valence-corrected chi connectivity index (χ0v) is 52.6. The van der Waals surface area contributed by atoms with Gasteiger partial charge in [-0.15, -0.1) is 0 Å². The number of nitrogens with zero attached hydrogens (tertiary/aromatic N) is 2. The zero-order chi connectivity index (χ0) is 61.5. The van der Waals surface area contributed by atoms with Crippen LogP contribution in [0.2, 0.25) is 0 Å². The lowest BCUT2D eigenvalue weighted by molar-refractivity contribution is -0.137. The van der Waals surface area contributed by atoms with Gasteiger partial charge in [-0.25, -0.2) is 0 Å². The number of hydrogen-bond donors (Lipinski definition) is 0. The highest BCUT2D eigenvalue weighted by molar-refractivity contribution is 5.92. The summed E-state index contributed by atoms with van der Waals surface area (Å²) in [6, 6.07) is 62.6. The number of hydrogen-bond acceptors (Lipinski definition) is 2. The maximum atomic E-state index is 15.9. The third kappa shape index (κ3) is 11.3. The molecule has 0 N–H and O–H groups in total. The first-order valence-corrected chi connectivity index (χ1v) is 30.7. The fraction of sp³-hybridized carbons (Fsp3) is 0.244. The number of benzene rings is 8. The Morgan fingerprint density at radius 1 is 0.391 bits per heavy atom. The second-order valence-corrected chi connectivity index (χ2v) is 28.2. The van der Waals surface area contributed by atoms with Crippen LogP contribution in [0, 0.1) is 12.8 Å². The first-order valence-electron chi connectivity index (χ1n) is 30.7. The molecule has 0 amide bonds. The molecule has 0 bridgehead atoms. The van der Waals surface area contributed by atoms with E-state index in [4.69, 9.17) is 0 Å². The van der Waals surface area contributed by atoms with E-state index >= 15 is 13.2 Å². The average molecular weight is 1150 g/mol. The Labute approximate surface area is 514 Å². The van der Waals surface area contributed by atoms with E-state index in [-0.39, 0.29) is 33.3 Å². The van der Waals surface area contributed by atoms with Crippen LogP contribution in [0.15, 0.2) is 264 Å². The molecule has 0 aliphatic heterocycles. The topological polar surface area (TPSA) is 6.48 Å². The van der Waals surface area contributed by atoms with Crippen molar-refractivity contribution in [1.82, 2.24) is 0 Å². The van der Waals surface area contributed by atoms with Gasteiger partial charge in [0, 0.05) is 28.4 Å². The molecular formula is C82H79F3N2. The van der Waals surface area contributed by atoms with Gasteiger partial charge < -0.3 is 9.80 Å². The van der Waals surface area contributed by atoms with E-state index in [1.165, 1.54) is 28.8 Å². The molecule has 4 aliphatic rings. The van der Waals surface area contributed by atoms with Crippen LogP contribution in [0.5, 0.6) is 0 Å². The van der Waals surface area contributed by atoms with Crippen molar-refractivity contribution in [2.45, 2.75) is 124 Å². The molecule has 87 heavy (non-hydrogen) atoms. The number of halogens is 3. The number of allylic oxidation sites excluding steroid dienone is 10. The van der Waals surface area contributed by atoms with E-state index in [2.05, 4.69) is 301 Å². The Bertz CT molecular complexity index is 4270. The minimum atomic E-state index is -4.65. The van der Waals surface area contributed by atoms with Crippen molar-refractivity contribution in [3.8, 4) is 44.5 Å². The lowest BCUT2D eigenvalue weighted by atomic mass is 9.67. The van der Waals surface area contributed by atoms with Gasteiger partial charge >= 0.3 is 6.18 Å². The summed E-state index contributed by atoms with van der Waals surface area (Å²) in [7, 11) is 0. The van der Waals surface area contributed by atoms with E-state index < -0.39 is 17.8 Å². The molecule has 2 unspecified atom stereocenters. The monoisotopic (exact) mass is 1150 g/mol. The first-order chi connectivity index (χ1) is 41.2. The fourth-order valence-electron chi connectivity index (χ4n) is 13.0. The molecular weight excluding hydrogens is 1070 g/mol. The lowest BCUT2D eigenvalue weighted by Crippen LogP contribution is -2.38. The molecule has 0 heterocycles. The highest BCUT2D eigenvalue weighted by atomic mass is 19.4. The molecule has 438 valence electrons. The van der Waals surface area contributed by atoms with E-state index in [1.807, 2.05) is 4.90 Å². The highest BCUT2D eigenvalue weighted by Gasteiger charge is 2.43. The zero-order valence-electron chi connectivity index (χ0n) is 52.6. The molecule has 2 nitrogen and oxygen atoms in total. The Kier molecular flexibility index (Phi) is 14.8. The largest absolute Gasteiger partial charge is 0.418 e. The third-order valence-electron chi connectivity index (χ3n) is 18.0. The predicted octanol–water partition coefficient (Wildman–Crippen LogP) is 23.0. The van der Waals surface area contributed by atoms with Gasteiger partial charge in [0.25, 0.3) is 0 Å².